The van der Waals surface area contributed by atoms with Crippen molar-refractivity contribution in [3.05, 3.63) is 36.0 Å². The molecule has 15 heavy (non-hydrogen) atoms. The number of halogens is 1. The number of rotatable bonds is 2. The van der Waals surface area contributed by atoms with Gasteiger partial charge < -0.3 is 9.26 Å². The molecular formula is C11H10FNO2. The minimum atomic E-state index is -0.314. The Bertz CT molecular complexity index is 479. The van der Waals surface area contributed by atoms with E-state index in [1.54, 1.807) is 20.1 Å². The van der Waals surface area contributed by atoms with Crippen LogP contribution in [-0.4, -0.2) is 12.3 Å². The summed E-state index contributed by atoms with van der Waals surface area (Å²) in [5, 5.41) is 3.75. The second-order valence-corrected chi connectivity index (χ2v) is 3.16. The summed E-state index contributed by atoms with van der Waals surface area (Å²) in [7, 11) is 1.54. The Balaban J connectivity index is 2.60. The van der Waals surface area contributed by atoms with Crippen LogP contribution in [0.1, 0.15) is 5.69 Å². The number of hydrogen-bond donors (Lipinski definition) is 0. The van der Waals surface area contributed by atoms with Gasteiger partial charge in [0, 0.05) is 11.1 Å². The predicted octanol–water partition coefficient (Wildman–Crippen LogP) is 2.80. The van der Waals surface area contributed by atoms with E-state index in [0.717, 1.165) is 5.56 Å². The van der Waals surface area contributed by atoms with Crippen LogP contribution in [0.15, 0.2) is 29.0 Å². The molecule has 0 atom stereocenters. The third-order valence-corrected chi connectivity index (χ3v) is 2.20. The van der Waals surface area contributed by atoms with E-state index in [1.807, 2.05) is 0 Å². The summed E-state index contributed by atoms with van der Waals surface area (Å²) in [6.45, 7) is 1.79. The van der Waals surface area contributed by atoms with E-state index in [2.05, 4.69) is 5.16 Å². The number of aryl methyl sites for hydroxylation is 1. The molecular weight excluding hydrogens is 197 g/mol. The lowest BCUT2D eigenvalue weighted by Gasteiger charge is -2.06. The van der Waals surface area contributed by atoms with E-state index in [-0.39, 0.29) is 5.82 Å². The molecule has 1 heterocycles. The van der Waals surface area contributed by atoms with Gasteiger partial charge >= 0.3 is 0 Å². The first-order valence-electron chi connectivity index (χ1n) is 4.47. The quantitative estimate of drug-likeness (QED) is 0.759. The van der Waals surface area contributed by atoms with Gasteiger partial charge in [0.2, 0.25) is 0 Å². The zero-order chi connectivity index (χ0) is 10.8. The fraction of sp³-hybridized carbons (Fsp3) is 0.182. The van der Waals surface area contributed by atoms with Crippen molar-refractivity contribution in [2.75, 3.05) is 7.11 Å². The Labute approximate surface area is 86.5 Å². The van der Waals surface area contributed by atoms with Gasteiger partial charge in [-0.2, -0.15) is 0 Å². The highest BCUT2D eigenvalue weighted by Crippen LogP contribution is 2.32. The van der Waals surface area contributed by atoms with Crippen LogP contribution in [0.5, 0.6) is 5.75 Å². The predicted molar refractivity (Wildman–Crippen MR) is 53.2 cm³/mol. The highest BCUT2D eigenvalue weighted by molar-refractivity contribution is 5.71. The molecule has 0 aliphatic rings. The molecule has 0 saturated carbocycles. The monoisotopic (exact) mass is 207 g/mol. The molecule has 78 valence electrons. The minimum absolute atomic E-state index is 0.314. The van der Waals surface area contributed by atoms with Crippen molar-refractivity contribution in [3.8, 4) is 16.9 Å². The normalized spacial score (nSPS) is 10.3. The molecule has 4 heteroatoms. The molecule has 3 nitrogen and oxygen atoms in total. The number of aromatic nitrogens is 1. The molecule has 2 rings (SSSR count). The van der Waals surface area contributed by atoms with Gasteiger partial charge in [-0.3, -0.25) is 0 Å². The Morgan fingerprint density at radius 2 is 2.13 bits per heavy atom. The van der Waals surface area contributed by atoms with Gasteiger partial charge in [0.15, 0.2) is 0 Å². The number of ether oxygens (including phenoxy) is 1. The summed E-state index contributed by atoms with van der Waals surface area (Å²) in [6.07, 6.45) is 1.48. The summed E-state index contributed by atoms with van der Waals surface area (Å²) < 4.78 is 23.1. The summed E-state index contributed by atoms with van der Waals surface area (Å²) in [5.74, 6) is 0.286. The van der Waals surface area contributed by atoms with Crippen molar-refractivity contribution in [1.82, 2.24) is 5.16 Å². The molecule has 2 aromatic rings. The Kier molecular flexibility index (Phi) is 2.41. The minimum Gasteiger partial charge on any atom is -0.496 e. The first-order chi connectivity index (χ1) is 7.22. The van der Waals surface area contributed by atoms with Crippen LogP contribution in [0.3, 0.4) is 0 Å². The van der Waals surface area contributed by atoms with Crippen molar-refractivity contribution < 1.29 is 13.7 Å². The van der Waals surface area contributed by atoms with Crippen LogP contribution in [0.2, 0.25) is 0 Å². The summed E-state index contributed by atoms with van der Waals surface area (Å²) >= 11 is 0. The fourth-order valence-electron chi connectivity index (χ4n) is 1.44. The number of benzene rings is 1. The smallest absolute Gasteiger partial charge is 0.132 e. The molecule has 0 N–H and O–H groups in total. The van der Waals surface area contributed by atoms with Crippen molar-refractivity contribution in [2.24, 2.45) is 0 Å². The summed E-state index contributed by atoms with van der Waals surface area (Å²) in [4.78, 5) is 0. The third-order valence-electron chi connectivity index (χ3n) is 2.20. The zero-order valence-corrected chi connectivity index (χ0v) is 8.45. The van der Waals surface area contributed by atoms with Gasteiger partial charge in [0.05, 0.1) is 12.8 Å². The van der Waals surface area contributed by atoms with Gasteiger partial charge in [-0.15, -0.1) is 0 Å². The Morgan fingerprint density at radius 1 is 1.33 bits per heavy atom. The van der Waals surface area contributed by atoms with Gasteiger partial charge in [0.1, 0.15) is 17.8 Å². The SMILES string of the molecule is COc1ccc(F)cc1-c1conc1C. The van der Waals surface area contributed by atoms with Gasteiger partial charge in [-0.05, 0) is 25.1 Å². The van der Waals surface area contributed by atoms with Crippen LogP contribution in [0.4, 0.5) is 4.39 Å². The molecule has 0 spiro atoms. The summed E-state index contributed by atoms with van der Waals surface area (Å²) in [5.41, 5.74) is 2.10. The highest BCUT2D eigenvalue weighted by atomic mass is 19.1. The molecule has 0 unspecified atom stereocenters. The average Bonchev–Trinajstić information content (AvgIpc) is 2.64. The lowest BCUT2D eigenvalue weighted by atomic mass is 10.1. The van der Waals surface area contributed by atoms with Crippen molar-refractivity contribution in [3.63, 3.8) is 0 Å². The van der Waals surface area contributed by atoms with Gasteiger partial charge in [-0.25, -0.2) is 4.39 Å². The Morgan fingerprint density at radius 3 is 2.73 bits per heavy atom. The third kappa shape index (κ3) is 1.70. The van der Waals surface area contributed by atoms with Crippen LogP contribution in [0, 0.1) is 12.7 Å². The van der Waals surface area contributed by atoms with Crippen molar-refractivity contribution in [2.45, 2.75) is 6.92 Å². The highest BCUT2D eigenvalue weighted by Gasteiger charge is 2.12. The molecule has 0 bridgehead atoms. The second-order valence-electron chi connectivity index (χ2n) is 3.16. The van der Waals surface area contributed by atoms with E-state index < -0.39 is 0 Å². The molecule has 0 aliphatic carbocycles. The van der Waals surface area contributed by atoms with Gasteiger partial charge in [0.25, 0.3) is 0 Å². The van der Waals surface area contributed by atoms with Crippen LogP contribution >= 0.6 is 0 Å². The maximum atomic E-state index is 13.1. The molecule has 0 aliphatic heterocycles. The lowest BCUT2D eigenvalue weighted by molar-refractivity contribution is 0.413. The second kappa shape index (κ2) is 3.73. The molecule has 1 aromatic carbocycles. The first kappa shape index (κ1) is 9.71. The van der Waals surface area contributed by atoms with Crippen molar-refractivity contribution in [1.29, 1.82) is 0 Å². The molecule has 0 saturated heterocycles. The van der Waals surface area contributed by atoms with Crippen LogP contribution in [-0.2, 0) is 0 Å². The van der Waals surface area contributed by atoms with E-state index in [1.165, 1.54) is 18.4 Å². The largest absolute Gasteiger partial charge is 0.496 e. The molecule has 0 fully saturated rings. The number of hydrogen-bond acceptors (Lipinski definition) is 3. The number of methoxy groups -OCH3 is 1. The van der Waals surface area contributed by atoms with Crippen molar-refractivity contribution >= 4 is 0 Å². The maximum absolute atomic E-state index is 13.1. The zero-order valence-electron chi connectivity index (χ0n) is 8.45. The Hall–Kier alpha value is -1.84. The van der Waals surface area contributed by atoms with E-state index in [9.17, 15) is 4.39 Å². The summed E-state index contributed by atoms with van der Waals surface area (Å²) in [6, 6.07) is 4.33. The maximum Gasteiger partial charge on any atom is 0.132 e. The van der Waals surface area contributed by atoms with Crippen LogP contribution < -0.4 is 4.74 Å². The molecule has 0 amide bonds. The molecule has 1 aromatic heterocycles. The van der Waals surface area contributed by atoms with E-state index in [4.69, 9.17) is 9.26 Å². The first-order valence-corrected chi connectivity index (χ1v) is 4.47. The van der Waals surface area contributed by atoms with Gasteiger partial charge in [-0.1, -0.05) is 5.16 Å². The standard InChI is InChI=1S/C11H10FNO2/c1-7-10(6-15-13-7)9-5-8(12)3-4-11(9)14-2/h3-6H,1-2H3. The fourth-order valence-corrected chi connectivity index (χ4v) is 1.44. The van der Waals surface area contributed by atoms with E-state index in [0.29, 0.717) is 17.0 Å². The van der Waals surface area contributed by atoms with E-state index >= 15 is 0 Å². The molecule has 0 radical (unpaired) electrons. The van der Waals surface area contributed by atoms with Crippen LogP contribution in [0.25, 0.3) is 11.1 Å². The average molecular weight is 207 g/mol. The topological polar surface area (TPSA) is 35.3 Å². The number of nitrogens with zero attached hydrogens (tertiary/aromatic N) is 1. The lowest BCUT2D eigenvalue weighted by Crippen LogP contribution is -1.89.